The number of halogens is 3. The summed E-state index contributed by atoms with van der Waals surface area (Å²) in [6.07, 6.45) is -0.0193. The Labute approximate surface area is 112 Å². The summed E-state index contributed by atoms with van der Waals surface area (Å²) in [7, 11) is 0. The number of benzene rings is 1. The van der Waals surface area contributed by atoms with Crippen molar-refractivity contribution in [2.75, 3.05) is 6.54 Å². The van der Waals surface area contributed by atoms with Crippen molar-refractivity contribution in [3.63, 3.8) is 0 Å². The molecule has 1 aliphatic rings. The van der Waals surface area contributed by atoms with Gasteiger partial charge in [0.25, 0.3) is 0 Å². The van der Waals surface area contributed by atoms with Gasteiger partial charge in [-0.3, -0.25) is 0 Å². The van der Waals surface area contributed by atoms with Gasteiger partial charge in [-0.1, -0.05) is 19.1 Å². The van der Waals surface area contributed by atoms with Crippen LogP contribution in [0.1, 0.15) is 37.3 Å². The van der Waals surface area contributed by atoms with Gasteiger partial charge in [-0.2, -0.15) is 13.2 Å². The second-order valence-electron chi connectivity index (χ2n) is 5.51. The van der Waals surface area contributed by atoms with Gasteiger partial charge in [-0.25, -0.2) is 0 Å². The molecule has 1 aromatic carbocycles. The molecule has 1 N–H and O–H groups in total. The highest BCUT2D eigenvalue weighted by atomic mass is 19.4. The molecule has 0 aliphatic carbocycles. The quantitative estimate of drug-likeness (QED) is 0.875. The topological polar surface area (TPSA) is 12.0 Å². The summed E-state index contributed by atoms with van der Waals surface area (Å²) in [4.78, 5) is 0. The van der Waals surface area contributed by atoms with Gasteiger partial charge in [-0.05, 0) is 55.8 Å². The predicted octanol–water partition coefficient (Wildman–Crippen LogP) is 4.03. The maximum absolute atomic E-state index is 12.4. The van der Waals surface area contributed by atoms with E-state index < -0.39 is 11.7 Å². The Morgan fingerprint density at radius 1 is 1.21 bits per heavy atom. The van der Waals surface area contributed by atoms with E-state index in [0.29, 0.717) is 6.04 Å². The van der Waals surface area contributed by atoms with Crippen molar-refractivity contribution in [1.82, 2.24) is 5.32 Å². The monoisotopic (exact) mass is 271 g/mol. The van der Waals surface area contributed by atoms with Gasteiger partial charge >= 0.3 is 6.18 Å². The molecular weight excluding hydrogens is 251 g/mol. The molecule has 1 fully saturated rings. The van der Waals surface area contributed by atoms with E-state index in [1.165, 1.54) is 25.0 Å². The van der Waals surface area contributed by atoms with Gasteiger partial charge in [0.05, 0.1) is 5.56 Å². The van der Waals surface area contributed by atoms with Crippen LogP contribution in [0.25, 0.3) is 0 Å². The lowest BCUT2D eigenvalue weighted by molar-refractivity contribution is -0.137. The standard InChI is InChI=1S/C15H20F3N/c1-11-8-9-19-14(10-11)7-4-12-2-5-13(6-3-12)15(16,17)18/h2-3,5-6,11,14,19H,4,7-10H2,1H3. The first-order valence-electron chi connectivity index (χ1n) is 6.84. The maximum Gasteiger partial charge on any atom is 0.416 e. The molecule has 1 nitrogen and oxygen atoms in total. The first kappa shape index (κ1) is 14.4. The van der Waals surface area contributed by atoms with Gasteiger partial charge in [0.2, 0.25) is 0 Å². The van der Waals surface area contributed by atoms with Crippen molar-refractivity contribution in [2.45, 2.75) is 44.8 Å². The molecule has 0 spiro atoms. The van der Waals surface area contributed by atoms with E-state index in [4.69, 9.17) is 0 Å². The average Bonchev–Trinajstić information content (AvgIpc) is 2.36. The van der Waals surface area contributed by atoms with Crippen molar-refractivity contribution in [3.05, 3.63) is 35.4 Å². The molecule has 1 heterocycles. The third-order valence-electron chi connectivity index (χ3n) is 3.82. The zero-order valence-electron chi connectivity index (χ0n) is 11.1. The first-order valence-corrected chi connectivity index (χ1v) is 6.84. The van der Waals surface area contributed by atoms with Crippen molar-refractivity contribution in [2.24, 2.45) is 5.92 Å². The van der Waals surface area contributed by atoms with Crippen LogP contribution in [0.3, 0.4) is 0 Å². The maximum atomic E-state index is 12.4. The Bertz CT molecular complexity index is 397. The molecule has 2 atom stereocenters. The highest BCUT2D eigenvalue weighted by molar-refractivity contribution is 5.24. The summed E-state index contributed by atoms with van der Waals surface area (Å²) in [5.74, 6) is 0.749. The zero-order chi connectivity index (χ0) is 13.9. The van der Waals surface area contributed by atoms with Crippen molar-refractivity contribution in [1.29, 1.82) is 0 Å². The van der Waals surface area contributed by atoms with Gasteiger partial charge in [0.1, 0.15) is 0 Å². The summed E-state index contributed by atoms with van der Waals surface area (Å²) in [6.45, 7) is 3.31. The molecule has 2 rings (SSSR count). The van der Waals surface area contributed by atoms with Crippen LogP contribution in [-0.4, -0.2) is 12.6 Å². The summed E-state index contributed by atoms with van der Waals surface area (Å²) >= 11 is 0. The van der Waals surface area contributed by atoms with E-state index in [0.717, 1.165) is 30.9 Å². The van der Waals surface area contributed by atoms with E-state index in [-0.39, 0.29) is 0 Å². The summed E-state index contributed by atoms with van der Waals surface area (Å²) < 4.78 is 37.3. The van der Waals surface area contributed by atoms with Crippen LogP contribution in [0, 0.1) is 5.92 Å². The van der Waals surface area contributed by atoms with E-state index in [9.17, 15) is 13.2 Å². The second kappa shape index (κ2) is 5.95. The molecule has 0 saturated carbocycles. The molecule has 19 heavy (non-hydrogen) atoms. The first-order chi connectivity index (χ1) is 8.95. The Morgan fingerprint density at radius 2 is 1.89 bits per heavy atom. The Balaban J connectivity index is 1.86. The molecule has 106 valence electrons. The molecular formula is C15H20F3N. The summed E-state index contributed by atoms with van der Waals surface area (Å²) in [5, 5.41) is 3.48. The van der Waals surface area contributed by atoms with Crippen LogP contribution in [0.5, 0.6) is 0 Å². The fourth-order valence-corrected chi connectivity index (χ4v) is 2.64. The minimum absolute atomic E-state index is 0.506. The zero-order valence-corrected chi connectivity index (χ0v) is 11.1. The van der Waals surface area contributed by atoms with Crippen LogP contribution >= 0.6 is 0 Å². The van der Waals surface area contributed by atoms with Gasteiger partial charge in [-0.15, -0.1) is 0 Å². The minimum atomic E-state index is -4.24. The average molecular weight is 271 g/mol. The normalized spacial score (nSPS) is 24.4. The largest absolute Gasteiger partial charge is 0.416 e. The third kappa shape index (κ3) is 4.23. The number of rotatable bonds is 3. The van der Waals surface area contributed by atoms with Crippen LogP contribution in [0.2, 0.25) is 0 Å². The predicted molar refractivity (Wildman–Crippen MR) is 70.0 cm³/mol. The van der Waals surface area contributed by atoms with Crippen molar-refractivity contribution < 1.29 is 13.2 Å². The molecule has 2 unspecified atom stereocenters. The summed E-state index contributed by atoms with van der Waals surface area (Å²) in [6, 6.07) is 6.04. The molecule has 0 radical (unpaired) electrons. The lowest BCUT2D eigenvalue weighted by Crippen LogP contribution is -2.37. The molecule has 0 amide bonds. The van der Waals surface area contributed by atoms with E-state index in [2.05, 4.69) is 12.2 Å². The smallest absolute Gasteiger partial charge is 0.314 e. The molecule has 1 aliphatic heterocycles. The lowest BCUT2D eigenvalue weighted by Gasteiger charge is -2.28. The van der Waals surface area contributed by atoms with E-state index >= 15 is 0 Å². The van der Waals surface area contributed by atoms with Gasteiger partial charge < -0.3 is 5.32 Å². The van der Waals surface area contributed by atoms with Crippen LogP contribution in [-0.2, 0) is 12.6 Å². The molecule has 0 bridgehead atoms. The SMILES string of the molecule is CC1CCNC(CCc2ccc(C(F)(F)F)cc2)C1. The van der Waals surface area contributed by atoms with E-state index in [1.807, 2.05) is 0 Å². The van der Waals surface area contributed by atoms with Crippen LogP contribution in [0.15, 0.2) is 24.3 Å². The number of hydrogen-bond donors (Lipinski definition) is 1. The fourth-order valence-electron chi connectivity index (χ4n) is 2.64. The molecule has 4 heteroatoms. The molecule has 1 aromatic rings. The number of nitrogens with one attached hydrogen (secondary N) is 1. The van der Waals surface area contributed by atoms with Crippen molar-refractivity contribution in [3.8, 4) is 0 Å². The van der Waals surface area contributed by atoms with E-state index in [1.54, 1.807) is 12.1 Å². The van der Waals surface area contributed by atoms with Gasteiger partial charge in [0, 0.05) is 6.04 Å². The van der Waals surface area contributed by atoms with Gasteiger partial charge in [0.15, 0.2) is 0 Å². The Kier molecular flexibility index (Phi) is 4.50. The number of hydrogen-bond acceptors (Lipinski definition) is 1. The Morgan fingerprint density at radius 3 is 2.47 bits per heavy atom. The van der Waals surface area contributed by atoms with Crippen LogP contribution in [0.4, 0.5) is 13.2 Å². The van der Waals surface area contributed by atoms with Crippen molar-refractivity contribution >= 4 is 0 Å². The minimum Gasteiger partial charge on any atom is -0.314 e. The van der Waals surface area contributed by atoms with Crippen LogP contribution < -0.4 is 5.32 Å². The summed E-state index contributed by atoms with van der Waals surface area (Å²) in [5.41, 5.74) is 0.411. The highest BCUT2D eigenvalue weighted by Crippen LogP contribution is 2.29. The fraction of sp³-hybridized carbons (Fsp3) is 0.600. The molecule has 0 aromatic heterocycles. The highest BCUT2D eigenvalue weighted by Gasteiger charge is 2.29. The Hall–Kier alpha value is -1.03. The number of aryl methyl sites for hydroxylation is 1. The third-order valence-corrected chi connectivity index (χ3v) is 3.82. The molecule has 1 saturated heterocycles. The number of alkyl halides is 3. The number of piperidine rings is 1. The second-order valence-corrected chi connectivity index (χ2v) is 5.51. The lowest BCUT2D eigenvalue weighted by atomic mass is 9.91.